The van der Waals surface area contributed by atoms with Crippen LogP contribution in [-0.2, 0) is 19.0 Å². The van der Waals surface area contributed by atoms with Crippen molar-refractivity contribution in [2.45, 2.75) is 37.3 Å². The average Bonchev–Trinajstić information content (AvgIpc) is 2.72. The van der Waals surface area contributed by atoms with E-state index in [1.165, 1.54) is 0 Å². The van der Waals surface area contributed by atoms with Crippen LogP contribution >= 0.6 is 0 Å². The van der Waals surface area contributed by atoms with Crippen LogP contribution in [0.3, 0.4) is 0 Å². The molecule has 2 atom stereocenters. The fourth-order valence-electron chi connectivity index (χ4n) is 2.05. The molecule has 0 spiro atoms. The molecule has 1 aliphatic rings. The van der Waals surface area contributed by atoms with E-state index < -0.39 is 11.4 Å². The number of primary amides is 1. The van der Waals surface area contributed by atoms with Crippen molar-refractivity contribution in [2.75, 3.05) is 33.5 Å². The van der Waals surface area contributed by atoms with Crippen LogP contribution in [0, 0.1) is 0 Å². The summed E-state index contributed by atoms with van der Waals surface area (Å²) in [5.74, 6) is -0.434. The van der Waals surface area contributed by atoms with Crippen LogP contribution in [0.5, 0.6) is 0 Å². The lowest BCUT2D eigenvalue weighted by molar-refractivity contribution is -0.123. The second kappa shape index (κ2) is 7.68. The van der Waals surface area contributed by atoms with Gasteiger partial charge in [0.15, 0.2) is 0 Å². The van der Waals surface area contributed by atoms with E-state index in [1.54, 1.807) is 7.11 Å². The van der Waals surface area contributed by atoms with E-state index in [0.29, 0.717) is 39.3 Å². The molecule has 1 aliphatic carbocycles. The first kappa shape index (κ1) is 15.4. The number of ether oxygens (including phenoxy) is 3. The van der Waals surface area contributed by atoms with E-state index in [1.807, 2.05) is 0 Å². The number of hydrogen-bond acceptors (Lipinski definition) is 5. The Hall–Kier alpha value is -0.690. The third kappa shape index (κ3) is 4.89. The van der Waals surface area contributed by atoms with Gasteiger partial charge in [0.25, 0.3) is 0 Å². The molecule has 0 aromatic rings. The van der Waals surface area contributed by atoms with Crippen molar-refractivity contribution in [3.05, 3.63) is 0 Å². The van der Waals surface area contributed by atoms with Gasteiger partial charge in [-0.3, -0.25) is 4.79 Å². The molecule has 0 aromatic heterocycles. The van der Waals surface area contributed by atoms with Gasteiger partial charge in [-0.2, -0.15) is 0 Å². The van der Waals surface area contributed by atoms with Gasteiger partial charge < -0.3 is 25.7 Å². The van der Waals surface area contributed by atoms with Gasteiger partial charge in [-0.05, 0) is 19.3 Å². The summed E-state index contributed by atoms with van der Waals surface area (Å²) in [6.07, 6.45) is 2.80. The maximum atomic E-state index is 11.2. The number of carbonyl (C=O) groups excluding carboxylic acids is 1. The predicted octanol–water partition coefficient (Wildman–Crippen LogP) is -0.209. The number of amides is 1. The van der Waals surface area contributed by atoms with Gasteiger partial charge >= 0.3 is 0 Å². The molecule has 18 heavy (non-hydrogen) atoms. The Morgan fingerprint density at radius 1 is 1.33 bits per heavy atom. The lowest BCUT2D eigenvalue weighted by atomic mass is 9.99. The third-order valence-electron chi connectivity index (χ3n) is 3.21. The number of methoxy groups -OCH3 is 1. The topological polar surface area (TPSA) is 96.8 Å². The number of nitrogens with two attached hydrogens (primary N) is 2. The minimum absolute atomic E-state index is 0.0430. The highest BCUT2D eigenvalue weighted by Crippen LogP contribution is 2.29. The predicted molar refractivity (Wildman–Crippen MR) is 67.0 cm³/mol. The molecule has 0 heterocycles. The summed E-state index contributed by atoms with van der Waals surface area (Å²) >= 11 is 0. The second-order valence-electron chi connectivity index (χ2n) is 4.71. The van der Waals surface area contributed by atoms with E-state index in [2.05, 4.69) is 0 Å². The highest BCUT2D eigenvalue weighted by Gasteiger charge is 2.40. The van der Waals surface area contributed by atoms with Crippen LogP contribution in [0.4, 0.5) is 0 Å². The van der Waals surface area contributed by atoms with Gasteiger partial charge in [0.1, 0.15) is 0 Å². The van der Waals surface area contributed by atoms with Crippen LogP contribution in [-0.4, -0.2) is 51.1 Å². The van der Waals surface area contributed by atoms with Gasteiger partial charge in [-0.25, -0.2) is 0 Å². The first-order chi connectivity index (χ1) is 8.58. The van der Waals surface area contributed by atoms with E-state index in [4.69, 9.17) is 25.7 Å². The average molecular weight is 260 g/mol. The zero-order chi connectivity index (χ0) is 13.4. The molecule has 0 radical (unpaired) electrons. The summed E-state index contributed by atoms with van der Waals surface area (Å²) in [5, 5.41) is 0. The number of carbonyl (C=O) groups is 1. The quantitative estimate of drug-likeness (QED) is 0.559. The molecule has 1 fully saturated rings. The summed E-state index contributed by atoms with van der Waals surface area (Å²) in [5.41, 5.74) is 10.3. The fraction of sp³-hybridized carbons (Fsp3) is 0.917. The summed E-state index contributed by atoms with van der Waals surface area (Å²) in [6, 6.07) is 0. The van der Waals surface area contributed by atoms with Gasteiger partial charge in [0.05, 0.1) is 24.9 Å². The van der Waals surface area contributed by atoms with Crippen LogP contribution < -0.4 is 11.5 Å². The molecule has 1 saturated carbocycles. The standard InChI is InChI=1S/C12H24N2O4/c1-16-7-8-17-5-2-6-18-10-3-4-12(14,9-10)11(13)15/h10H,2-9,14H2,1H3,(H2,13,15). The smallest absolute Gasteiger partial charge is 0.237 e. The van der Waals surface area contributed by atoms with Crippen molar-refractivity contribution in [1.29, 1.82) is 0 Å². The van der Waals surface area contributed by atoms with Crippen molar-refractivity contribution in [3.63, 3.8) is 0 Å². The van der Waals surface area contributed by atoms with Crippen LogP contribution in [0.25, 0.3) is 0 Å². The Morgan fingerprint density at radius 3 is 2.72 bits per heavy atom. The molecule has 2 unspecified atom stereocenters. The normalized spacial score (nSPS) is 27.6. The van der Waals surface area contributed by atoms with E-state index in [0.717, 1.165) is 12.8 Å². The maximum Gasteiger partial charge on any atom is 0.237 e. The van der Waals surface area contributed by atoms with Crippen LogP contribution in [0.1, 0.15) is 25.7 Å². The molecule has 6 nitrogen and oxygen atoms in total. The molecule has 1 rings (SSSR count). The summed E-state index contributed by atoms with van der Waals surface area (Å²) in [4.78, 5) is 11.2. The van der Waals surface area contributed by atoms with E-state index in [-0.39, 0.29) is 6.10 Å². The molecule has 6 heteroatoms. The minimum Gasteiger partial charge on any atom is -0.382 e. The first-order valence-corrected chi connectivity index (χ1v) is 6.35. The van der Waals surface area contributed by atoms with Crippen LogP contribution in [0.15, 0.2) is 0 Å². The Kier molecular flexibility index (Phi) is 6.56. The molecule has 4 N–H and O–H groups in total. The Bertz CT molecular complexity index is 262. The fourth-order valence-corrected chi connectivity index (χ4v) is 2.05. The van der Waals surface area contributed by atoms with Crippen molar-refractivity contribution >= 4 is 5.91 Å². The van der Waals surface area contributed by atoms with Crippen molar-refractivity contribution in [2.24, 2.45) is 11.5 Å². The van der Waals surface area contributed by atoms with Gasteiger partial charge in [-0.1, -0.05) is 0 Å². The number of hydrogen-bond donors (Lipinski definition) is 2. The Morgan fingerprint density at radius 2 is 2.11 bits per heavy atom. The Balaban J connectivity index is 2.03. The van der Waals surface area contributed by atoms with Crippen LogP contribution in [0.2, 0.25) is 0 Å². The highest BCUT2D eigenvalue weighted by molar-refractivity contribution is 5.84. The third-order valence-corrected chi connectivity index (χ3v) is 3.21. The Labute approximate surface area is 108 Å². The molecule has 0 aliphatic heterocycles. The van der Waals surface area contributed by atoms with E-state index in [9.17, 15) is 4.79 Å². The minimum atomic E-state index is -0.875. The summed E-state index contributed by atoms with van der Waals surface area (Å²) in [6.45, 7) is 2.48. The second-order valence-corrected chi connectivity index (χ2v) is 4.71. The summed E-state index contributed by atoms with van der Waals surface area (Å²) in [7, 11) is 1.64. The van der Waals surface area contributed by atoms with Crippen molar-refractivity contribution in [3.8, 4) is 0 Å². The zero-order valence-electron chi connectivity index (χ0n) is 11.0. The van der Waals surface area contributed by atoms with Gasteiger partial charge in [0.2, 0.25) is 5.91 Å². The number of rotatable bonds is 9. The molecular weight excluding hydrogens is 236 g/mol. The highest BCUT2D eigenvalue weighted by atomic mass is 16.5. The molecule has 0 saturated heterocycles. The van der Waals surface area contributed by atoms with Gasteiger partial charge in [-0.15, -0.1) is 0 Å². The molecule has 1 amide bonds. The van der Waals surface area contributed by atoms with E-state index >= 15 is 0 Å². The zero-order valence-corrected chi connectivity index (χ0v) is 11.0. The molecule has 0 bridgehead atoms. The lowest BCUT2D eigenvalue weighted by Gasteiger charge is -2.19. The monoisotopic (exact) mass is 260 g/mol. The van der Waals surface area contributed by atoms with Gasteiger partial charge in [0, 0.05) is 26.7 Å². The largest absolute Gasteiger partial charge is 0.382 e. The van der Waals surface area contributed by atoms with Crippen molar-refractivity contribution in [1.82, 2.24) is 0 Å². The maximum absolute atomic E-state index is 11.2. The molecule has 106 valence electrons. The SMILES string of the molecule is COCCOCCCOC1CCC(N)(C(N)=O)C1. The summed E-state index contributed by atoms with van der Waals surface area (Å²) < 4.78 is 15.8. The lowest BCUT2D eigenvalue weighted by Crippen LogP contribution is -2.50. The molecular formula is C12H24N2O4. The van der Waals surface area contributed by atoms with Crippen molar-refractivity contribution < 1.29 is 19.0 Å². The molecule has 0 aromatic carbocycles. The first-order valence-electron chi connectivity index (χ1n) is 6.35.